The Balaban J connectivity index is 1.52. The molecule has 1 fully saturated rings. The van der Waals surface area contributed by atoms with Crippen LogP contribution in [0.1, 0.15) is 12.8 Å². The number of anilines is 2. The molecule has 0 atom stereocenters. The molecule has 0 saturated carbocycles. The molecule has 0 bridgehead atoms. The Morgan fingerprint density at radius 2 is 1.86 bits per heavy atom. The number of hydrogen-bond donors (Lipinski definition) is 1. The van der Waals surface area contributed by atoms with Crippen molar-refractivity contribution in [1.29, 1.82) is 0 Å². The number of esters is 1. The van der Waals surface area contributed by atoms with Crippen LogP contribution in [0.5, 0.6) is 11.6 Å². The highest BCUT2D eigenvalue weighted by atomic mass is 16.5. The first-order valence-electron chi connectivity index (χ1n) is 9.25. The van der Waals surface area contributed by atoms with Gasteiger partial charge in [-0.3, -0.25) is 4.79 Å². The van der Waals surface area contributed by atoms with Gasteiger partial charge in [-0.25, -0.2) is 4.98 Å². The number of aromatic nitrogens is 2. The molecule has 2 heterocycles. The van der Waals surface area contributed by atoms with Crippen LogP contribution in [0.15, 0.2) is 48.8 Å². The lowest BCUT2D eigenvalue weighted by Gasteiger charge is -2.32. The molecule has 0 aliphatic carbocycles. The van der Waals surface area contributed by atoms with Crippen molar-refractivity contribution in [3.63, 3.8) is 0 Å². The minimum atomic E-state index is -0.157. The summed E-state index contributed by atoms with van der Waals surface area (Å²) in [4.78, 5) is 22.3. The zero-order valence-electron chi connectivity index (χ0n) is 15.7. The summed E-state index contributed by atoms with van der Waals surface area (Å²) >= 11 is 0. The first-order valence-corrected chi connectivity index (χ1v) is 9.25. The van der Waals surface area contributed by atoms with Gasteiger partial charge < -0.3 is 20.1 Å². The van der Waals surface area contributed by atoms with Gasteiger partial charge in [-0.1, -0.05) is 30.3 Å². The van der Waals surface area contributed by atoms with Crippen molar-refractivity contribution >= 4 is 28.2 Å². The Morgan fingerprint density at radius 1 is 1.11 bits per heavy atom. The summed E-state index contributed by atoms with van der Waals surface area (Å²) in [6, 6.07) is 13.9. The van der Waals surface area contributed by atoms with Crippen molar-refractivity contribution in [2.24, 2.45) is 5.92 Å². The molecule has 0 amide bonds. The molecule has 1 aromatic heterocycles. The van der Waals surface area contributed by atoms with Gasteiger partial charge in [0.2, 0.25) is 5.88 Å². The van der Waals surface area contributed by atoms with Crippen molar-refractivity contribution in [2.45, 2.75) is 12.8 Å². The van der Waals surface area contributed by atoms with E-state index in [9.17, 15) is 4.79 Å². The fraction of sp³-hybridized carbons (Fsp3) is 0.286. The Morgan fingerprint density at radius 3 is 2.61 bits per heavy atom. The SMILES string of the molecule is COC(=O)C1CCN(c2ncnc(Oc3ccc4ccccc4c3)c2N)CC1. The van der Waals surface area contributed by atoms with E-state index in [2.05, 4.69) is 14.9 Å². The summed E-state index contributed by atoms with van der Waals surface area (Å²) in [7, 11) is 1.42. The number of carbonyl (C=O) groups excluding carboxylic acids is 1. The van der Waals surface area contributed by atoms with Crippen molar-refractivity contribution in [3.05, 3.63) is 48.8 Å². The standard InChI is InChI=1S/C21H22N4O3/c1-27-21(26)15-8-10-25(11-9-15)19-18(22)20(24-13-23-19)28-17-7-6-14-4-2-3-5-16(14)12-17/h2-7,12-13,15H,8-11,22H2,1H3. The summed E-state index contributed by atoms with van der Waals surface area (Å²) < 4.78 is 10.8. The Hall–Kier alpha value is -3.35. The van der Waals surface area contributed by atoms with Crippen molar-refractivity contribution in [1.82, 2.24) is 9.97 Å². The van der Waals surface area contributed by atoms with Gasteiger partial charge in [-0.05, 0) is 35.7 Å². The smallest absolute Gasteiger partial charge is 0.308 e. The summed E-state index contributed by atoms with van der Waals surface area (Å²) in [5, 5.41) is 2.22. The van der Waals surface area contributed by atoms with E-state index in [1.165, 1.54) is 13.4 Å². The first-order chi connectivity index (χ1) is 13.7. The Bertz CT molecular complexity index is 1000. The van der Waals surface area contributed by atoms with Gasteiger partial charge in [0, 0.05) is 13.1 Å². The van der Waals surface area contributed by atoms with E-state index < -0.39 is 0 Å². The Kier molecular flexibility index (Phi) is 4.97. The van der Waals surface area contributed by atoms with Crippen LogP contribution < -0.4 is 15.4 Å². The lowest BCUT2D eigenvalue weighted by Crippen LogP contribution is -2.37. The van der Waals surface area contributed by atoms with E-state index in [4.69, 9.17) is 15.2 Å². The van der Waals surface area contributed by atoms with Crippen LogP contribution in [0.4, 0.5) is 11.5 Å². The van der Waals surface area contributed by atoms with Gasteiger partial charge >= 0.3 is 5.97 Å². The summed E-state index contributed by atoms with van der Waals surface area (Å²) in [5.41, 5.74) is 6.71. The minimum absolute atomic E-state index is 0.0716. The van der Waals surface area contributed by atoms with E-state index in [-0.39, 0.29) is 11.9 Å². The summed E-state index contributed by atoms with van der Waals surface area (Å²) in [5.74, 6) is 1.40. The van der Waals surface area contributed by atoms with Crippen molar-refractivity contribution < 1.29 is 14.3 Å². The van der Waals surface area contributed by atoms with E-state index in [1.54, 1.807) is 0 Å². The molecule has 3 aromatic rings. The number of nitrogen functional groups attached to an aromatic ring is 1. The third-order valence-electron chi connectivity index (χ3n) is 5.09. The van der Waals surface area contributed by atoms with E-state index >= 15 is 0 Å². The van der Waals surface area contributed by atoms with Crippen molar-refractivity contribution in [3.8, 4) is 11.6 Å². The highest BCUT2D eigenvalue weighted by molar-refractivity contribution is 5.84. The molecular weight excluding hydrogens is 356 g/mol. The molecule has 1 aliphatic rings. The first kappa shape index (κ1) is 18.0. The maximum absolute atomic E-state index is 11.7. The van der Waals surface area contributed by atoms with E-state index in [0.717, 1.165) is 10.8 Å². The minimum Gasteiger partial charge on any atom is -0.469 e. The second kappa shape index (κ2) is 7.72. The fourth-order valence-electron chi connectivity index (χ4n) is 3.54. The molecule has 2 aromatic carbocycles. The van der Waals surface area contributed by atoms with Crippen LogP contribution in [-0.2, 0) is 9.53 Å². The number of nitrogens with two attached hydrogens (primary N) is 1. The number of fused-ring (bicyclic) bond motifs is 1. The lowest BCUT2D eigenvalue weighted by molar-refractivity contribution is -0.146. The molecule has 7 nitrogen and oxygen atoms in total. The number of rotatable bonds is 4. The molecule has 0 radical (unpaired) electrons. The number of piperidine rings is 1. The Labute approximate surface area is 163 Å². The zero-order chi connectivity index (χ0) is 19.5. The average Bonchev–Trinajstić information content (AvgIpc) is 2.75. The number of hydrogen-bond acceptors (Lipinski definition) is 7. The van der Waals surface area contributed by atoms with Gasteiger partial charge in [0.05, 0.1) is 13.0 Å². The highest BCUT2D eigenvalue weighted by Crippen LogP contribution is 2.34. The monoisotopic (exact) mass is 378 g/mol. The van der Waals surface area contributed by atoms with Crippen LogP contribution in [0.25, 0.3) is 10.8 Å². The van der Waals surface area contributed by atoms with Crippen LogP contribution >= 0.6 is 0 Å². The third kappa shape index (κ3) is 3.55. The largest absolute Gasteiger partial charge is 0.469 e. The fourth-order valence-corrected chi connectivity index (χ4v) is 3.54. The average molecular weight is 378 g/mol. The molecule has 28 heavy (non-hydrogen) atoms. The topological polar surface area (TPSA) is 90.6 Å². The summed E-state index contributed by atoms with van der Waals surface area (Å²) in [6.45, 7) is 1.35. The lowest BCUT2D eigenvalue weighted by atomic mass is 9.97. The van der Waals surface area contributed by atoms with Crippen molar-refractivity contribution in [2.75, 3.05) is 30.8 Å². The van der Waals surface area contributed by atoms with Gasteiger partial charge in [-0.15, -0.1) is 0 Å². The van der Waals surface area contributed by atoms with Gasteiger partial charge in [0.15, 0.2) is 5.82 Å². The van der Waals surface area contributed by atoms with Crippen LogP contribution in [0.3, 0.4) is 0 Å². The van der Waals surface area contributed by atoms with Gasteiger partial charge in [-0.2, -0.15) is 4.98 Å². The molecule has 0 unspecified atom stereocenters. The molecule has 2 N–H and O–H groups in total. The maximum atomic E-state index is 11.7. The molecular formula is C21H22N4O3. The van der Waals surface area contributed by atoms with Gasteiger partial charge in [0.25, 0.3) is 0 Å². The predicted molar refractivity (Wildman–Crippen MR) is 107 cm³/mol. The number of nitrogens with zero attached hydrogens (tertiary/aromatic N) is 3. The number of benzene rings is 2. The molecule has 7 heteroatoms. The molecule has 1 saturated heterocycles. The molecule has 4 rings (SSSR count). The normalized spacial score (nSPS) is 14.8. The number of methoxy groups -OCH3 is 1. The zero-order valence-corrected chi connectivity index (χ0v) is 15.7. The van der Waals surface area contributed by atoms with E-state index in [1.807, 2.05) is 42.5 Å². The quantitative estimate of drug-likeness (QED) is 0.696. The highest BCUT2D eigenvalue weighted by Gasteiger charge is 2.27. The second-order valence-corrected chi connectivity index (χ2v) is 6.81. The molecule has 144 valence electrons. The third-order valence-corrected chi connectivity index (χ3v) is 5.09. The van der Waals surface area contributed by atoms with Crippen LogP contribution in [0.2, 0.25) is 0 Å². The molecule has 0 spiro atoms. The molecule has 1 aliphatic heterocycles. The maximum Gasteiger partial charge on any atom is 0.308 e. The van der Waals surface area contributed by atoms with E-state index in [0.29, 0.717) is 49.1 Å². The number of ether oxygens (including phenoxy) is 2. The second-order valence-electron chi connectivity index (χ2n) is 6.81. The van der Waals surface area contributed by atoms with Crippen LogP contribution in [0, 0.1) is 5.92 Å². The van der Waals surface area contributed by atoms with Crippen LogP contribution in [-0.4, -0.2) is 36.1 Å². The number of carbonyl (C=O) groups is 1. The summed E-state index contributed by atoms with van der Waals surface area (Å²) in [6.07, 6.45) is 2.86. The predicted octanol–water partition coefficient (Wildman–Crippen LogP) is 3.39. The van der Waals surface area contributed by atoms with Gasteiger partial charge in [0.1, 0.15) is 17.8 Å².